The monoisotopic (exact) mass is 563 g/mol. The van der Waals surface area contributed by atoms with Gasteiger partial charge in [0.25, 0.3) is 0 Å². The first-order valence-corrected chi connectivity index (χ1v) is 10.2. The summed E-state index contributed by atoms with van der Waals surface area (Å²) in [5, 5.41) is 3.28. The lowest BCUT2D eigenvalue weighted by atomic mass is 10.0. The van der Waals surface area contributed by atoms with Gasteiger partial charge in [0.2, 0.25) is 0 Å². The van der Waals surface area contributed by atoms with Crippen LogP contribution in [0.3, 0.4) is 0 Å². The molecule has 1 aliphatic rings. The van der Waals surface area contributed by atoms with Crippen molar-refractivity contribution in [3.05, 3.63) is 59.3 Å². The Morgan fingerprint density at radius 1 is 1.28 bits per heavy atom. The summed E-state index contributed by atoms with van der Waals surface area (Å²) in [4.78, 5) is 13.0. The van der Waals surface area contributed by atoms with Crippen LogP contribution in [0.25, 0.3) is 0 Å². The van der Waals surface area contributed by atoms with Gasteiger partial charge in [0.05, 0.1) is 25.3 Å². The number of ether oxygens (including phenoxy) is 1. The molecule has 0 bridgehead atoms. The molecule has 1 unspecified atom stereocenters. The Morgan fingerprint density at radius 3 is 2.75 bits per heavy atom. The molecule has 2 aromatic rings. The number of aliphatic imine (C=N–C) groups is 1. The third-order valence-electron chi connectivity index (χ3n) is 4.97. The third-order valence-corrected chi connectivity index (χ3v) is 4.97. The summed E-state index contributed by atoms with van der Waals surface area (Å²) in [5.74, 6) is 1.57. The molecule has 1 fully saturated rings. The molecule has 1 aliphatic heterocycles. The molecular weight excluding hydrogens is 534 g/mol. The number of anilines is 1. The topological polar surface area (TPSA) is 53.0 Å². The van der Waals surface area contributed by atoms with Gasteiger partial charge in [-0.25, -0.2) is 9.98 Å². The highest BCUT2D eigenvalue weighted by Gasteiger charge is 2.32. The van der Waals surface area contributed by atoms with Crippen molar-refractivity contribution in [2.45, 2.75) is 25.7 Å². The highest BCUT2D eigenvalue weighted by Crippen LogP contribution is 2.32. The molecule has 0 amide bonds. The average molecular weight is 563 g/mol. The number of hydrogen-bond acceptors (Lipinski definition) is 4. The predicted molar refractivity (Wildman–Crippen MR) is 131 cm³/mol. The lowest BCUT2D eigenvalue weighted by molar-refractivity contribution is -0.137. The molecule has 0 radical (unpaired) electrons. The maximum atomic E-state index is 13.1. The van der Waals surface area contributed by atoms with E-state index in [0.29, 0.717) is 44.3 Å². The highest BCUT2D eigenvalue weighted by atomic mass is 127. The molecule has 1 aromatic heterocycles. The molecule has 1 saturated heterocycles. The third kappa shape index (κ3) is 6.96. The van der Waals surface area contributed by atoms with Crippen LogP contribution in [0.5, 0.6) is 0 Å². The molecule has 6 nitrogen and oxygen atoms in total. The van der Waals surface area contributed by atoms with Crippen LogP contribution in [0.15, 0.2) is 47.6 Å². The molecular formula is C22H29F3IN5O. The van der Waals surface area contributed by atoms with Crippen molar-refractivity contribution in [3.63, 3.8) is 0 Å². The Bertz CT molecular complexity index is 907. The van der Waals surface area contributed by atoms with E-state index in [2.05, 4.69) is 10.3 Å². The molecule has 1 N–H and O–H groups in total. The predicted octanol–water partition coefficient (Wildman–Crippen LogP) is 4.32. The molecule has 32 heavy (non-hydrogen) atoms. The van der Waals surface area contributed by atoms with E-state index in [0.717, 1.165) is 23.5 Å². The summed E-state index contributed by atoms with van der Waals surface area (Å²) >= 11 is 0. The molecule has 2 heterocycles. The summed E-state index contributed by atoms with van der Waals surface area (Å²) < 4.78 is 45.1. The number of guanidine groups is 1. The van der Waals surface area contributed by atoms with Crippen molar-refractivity contribution in [2.75, 3.05) is 45.2 Å². The minimum Gasteiger partial charge on any atom is -0.370 e. The standard InChI is InChI=1S/C22H28F3N5O.HI/c1-4-26-21(28-14-16-8-9-27-20(12-16)29(2)3)30-10-11-31-19(15-30)17-6-5-7-18(13-17)22(23,24)25;/h5-9,12-13,19H,4,10-11,14-15H2,1-3H3,(H,26,28);1H. The van der Waals surface area contributed by atoms with E-state index >= 15 is 0 Å². The SMILES string of the molecule is CCNC(=NCc1ccnc(N(C)C)c1)N1CCOC(c2cccc(C(F)(F)F)c2)C1.I. The fourth-order valence-corrected chi connectivity index (χ4v) is 3.35. The number of alkyl halides is 3. The zero-order chi connectivity index (χ0) is 22.4. The summed E-state index contributed by atoms with van der Waals surface area (Å²) in [6, 6.07) is 9.24. The summed E-state index contributed by atoms with van der Waals surface area (Å²) in [6.07, 6.45) is -3.08. The van der Waals surface area contributed by atoms with E-state index in [1.54, 1.807) is 12.3 Å². The van der Waals surface area contributed by atoms with Crippen LogP contribution in [-0.2, 0) is 17.5 Å². The molecule has 0 saturated carbocycles. The van der Waals surface area contributed by atoms with E-state index in [-0.39, 0.29) is 24.0 Å². The number of pyridine rings is 1. The van der Waals surface area contributed by atoms with Gasteiger partial charge in [-0.15, -0.1) is 24.0 Å². The van der Waals surface area contributed by atoms with Crippen LogP contribution >= 0.6 is 24.0 Å². The van der Waals surface area contributed by atoms with Gasteiger partial charge in [0.15, 0.2) is 5.96 Å². The van der Waals surface area contributed by atoms with Crippen LogP contribution in [0.2, 0.25) is 0 Å². The van der Waals surface area contributed by atoms with Gasteiger partial charge in [-0.05, 0) is 42.3 Å². The second kappa shape index (κ2) is 11.7. The quantitative estimate of drug-likeness (QED) is 0.334. The van der Waals surface area contributed by atoms with Crippen LogP contribution in [0.1, 0.15) is 29.7 Å². The normalized spacial score (nSPS) is 17.0. The number of halogens is 4. The minimum absolute atomic E-state index is 0. The molecule has 1 atom stereocenters. The fraction of sp³-hybridized carbons (Fsp3) is 0.455. The van der Waals surface area contributed by atoms with Crippen LogP contribution < -0.4 is 10.2 Å². The van der Waals surface area contributed by atoms with Crippen molar-refractivity contribution in [1.29, 1.82) is 0 Å². The zero-order valence-corrected chi connectivity index (χ0v) is 20.7. The van der Waals surface area contributed by atoms with Gasteiger partial charge in [-0.2, -0.15) is 13.2 Å². The van der Waals surface area contributed by atoms with Crippen molar-refractivity contribution < 1.29 is 17.9 Å². The van der Waals surface area contributed by atoms with Crippen molar-refractivity contribution in [2.24, 2.45) is 4.99 Å². The summed E-state index contributed by atoms with van der Waals surface area (Å²) in [5.41, 5.74) is 0.873. The molecule has 0 spiro atoms. The first-order chi connectivity index (χ1) is 14.8. The Kier molecular flexibility index (Phi) is 9.56. The van der Waals surface area contributed by atoms with E-state index in [1.165, 1.54) is 6.07 Å². The van der Waals surface area contributed by atoms with E-state index in [9.17, 15) is 13.2 Å². The number of rotatable bonds is 5. The van der Waals surface area contributed by atoms with Crippen LogP contribution in [0.4, 0.5) is 19.0 Å². The second-order valence-corrected chi connectivity index (χ2v) is 7.52. The number of nitrogens with one attached hydrogen (secondary N) is 1. The lowest BCUT2D eigenvalue weighted by Gasteiger charge is -2.35. The second-order valence-electron chi connectivity index (χ2n) is 7.52. The lowest BCUT2D eigenvalue weighted by Crippen LogP contribution is -2.48. The largest absolute Gasteiger partial charge is 0.416 e. The van der Waals surface area contributed by atoms with Crippen LogP contribution in [-0.4, -0.2) is 56.2 Å². The number of benzene rings is 1. The molecule has 10 heteroatoms. The van der Waals surface area contributed by atoms with Gasteiger partial charge < -0.3 is 19.9 Å². The van der Waals surface area contributed by atoms with Gasteiger partial charge in [0, 0.05) is 33.4 Å². The van der Waals surface area contributed by atoms with Gasteiger partial charge in [-0.1, -0.05) is 12.1 Å². The smallest absolute Gasteiger partial charge is 0.370 e. The first kappa shape index (κ1) is 26.2. The maximum Gasteiger partial charge on any atom is 0.416 e. The Balaban J connectivity index is 0.00000363. The average Bonchev–Trinajstić information content (AvgIpc) is 2.76. The number of morpholine rings is 1. The Labute approximate surface area is 203 Å². The van der Waals surface area contributed by atoms with Crippen molar-refractivity contribution >= 4 is 35.8 Å². The van der Waals surface area contributed by atoms with Crippen molar-refractivity contribution in [1.82, 2.24) is 15.2 Å². The maximum absolute atomic E-state index is 13.1. The highest BCUT2D eigenvalue weighted by molar-refractivity contribution is 14.0. The number of nitrogens with zero attached hydrogens (tertiary/aromatic N) is 4. The van der Waals surface area contributed by atoms with E-state index in [1.807, 2.05) is 43.0 Å². The van der Waals surface area contributed by atoms with Crippen molar-refractivity contribution in [3.8, 4) is 0 Å². The summed E-state index contributed by atoms with van der Waals surface area (Å²) in [7, 11) is 3.86. The summed E-state index contributed by atoms with van der Waals surface area (Å²) in [6.45, 7) is 4.58. The van der Waals surface area contributed by atoms with Gasteiger partial charge in [-0.3, -0.25) is 0 Å². The minimum atomic E-state index is -4.38. The molecule has 0 aliphatic carbocycles. The molecule has 3 rings (SSSR count). The van der Waals surface area contributed by atoms with Gasteiger partial charge in [0.1, 0.15) is 11.9 Å². The fourth-order valence-electron chi connectivity index (χ4n) is 3.35. The number of aromatic nitrogens is 1. The first-order valence-electron chi connectivity index (χ1n) is 10.2. The Hall–Kier alpha value is -2.08. The zero-order valence-electron chi connectivity index (χ0n) is 18.4. The number of hydrogen-bond donors (Lipinski definition) is 1. The Morgan fingerprint density at radius 2 is 2.06 bits per heavy atom. The molecule has 176 valence electrons. The van der Waals surface area contributed by atoms with Gasteiger partial charge >= 0.3 is 6.18 Å². The van der Waals surface area contributed by atoms with E-state index in [4.69, 9.17) is 9.73 Å². The van der Waals surface area contributed by atoms with E-state index < -0.39 is 17.8 Å². The molecule has 1 aromatic carbocycles. The van der Waals surface area contributed by atoms with Crippen LogP contribution in [0, 0.1) is 0 Å².